The SMILES string of the molecule is NC(=O)C1CC(C(=O)N(Cc2cccs2)c2ccc3c(c2)OCCO3)=NN1c1ccccc1. The van der Waals surface area contributed by atoms with Gasteiger partial charge in [-0.25, -0.2) is 0 Å². The Labute approximate surface area is 194 Å². The van der Waals surface area contributed by atoms with E-state index in [0.29, 0.717) is 42.6 Å². The standard InChI is InChI=1S/C24H22N4O4S/c25-23(29)20-14-19(26-28(20)16-5-2-1-3-6-16)24(30)27(15-18-7-4-12-33-18)17-8-9-21-22(13-17)32-11-10-31-21/h1-9,12-13,20H,10-11,14-15H2,(H2,25,29). The van der Waals surface area contributed by atoms with E-state index < -0.39 is 11.9 Å². The summed E-state index contributed by atoms with van der Waals surface area (Å²) in [7, 11) is 0. The highest BCUT2D eigenvalue weighted by atomic mass is 32.1. The van der Waals surface area contributed by atoms with Crippen LogP contribution in [0.15, 0.2) is 71.1 Å². The number of hydrogen-bond donors (Lipinski definition) is 1. The van der Waals surface area contributed by atoms with Crippen LogP contribution in [0, 0.1) is 0 Å². The van der Waals surface area contributed by atoms with Gasteiger partial charge in [-0.05, 0) is 35.7 Å². The Balaban J connectivity index is 1.50. The van der Waals surface area contributed by atoms with Gasteiger partial charge in [-0.2, -0.15) is 5.10 Å². The average molecular weight is 463 g/mol. The maximum absolute atomic E-state index is 13.7. The highest BCUT2D eigenvalue weighted by Gasteiger charge is 2.37. The van der Waals surface area contributed by atoms with Crippen LogP contribution in [0.1, 0.15) is 11.3 Å². The molecular weight excluding hydrogens is 440 g/mol. The van der Waals surface area contributed by atoms with Crippen LogP contribution in [-0.4, -0.2) is 36.8 Å². The van der Waals surface area contributed by atoms with Crippen LogP contribution in [0.5, 0.6) is 11.5 Å². The first-order valence-corrected chi connectivity index (χ1v) is 11.4. The molecule has 33 heavy (non-hydrogen) atoms. The molecule has 5 rings (SSSR count). The van der Waals surface area contributed by atoms with Crippen molar-refractivity contribution in [2.24, 2.45) is 10.8 Å². The normalized spacial score (nSPS) is 16.9. The van der Waals surface area contributed by atoms with Crippen molar-refractivity contribution in [1.29, 1.82) is 0 Å². The highest BCUT2D eigenvalue weighted by molar-refractivity contribution is 7.09. The fraction of sp³-hybridized carbons (Fsp3) is 0.208. The minimum atomic E-state index is -0.727. The van der Waals surface area contributed by atoms with Gasteiger partial charge in [-0.15, -0.1) is 11.3 Å². The smallest absolute Gasteiger partial charge is 0.274 e. The van der Waals surface area contributed by atoms with Crippen molar-refractivity contribution in [2.45, 2.75) is 19.0 Å². The second kappa shape index (κ2) is 8.95. The quantitative estimate of drug-likeness (QED) is 0.607. The predicted molar refractivity (Wildman–Crippen MR) is 127 cm³/mol. The van der Waals surface area contributed by atoms with Gasteiger partial charge in [0.05, 0.1) is 12.2 Å². The van der Waals surface area contributed by atoms with E-state index in [-0.39, 0.29) is 18.0 Å². The van der Waals surface area contributed by atoms with E-state index in [1.54, 1.807) is 28.4 Å². The third kappa shape index (κ3) is 4.27. The summed E-state index contributed by atoms with van der Waals surface area (Å²) < 4.78 is 11.3. The van der Waals surface area contributed by atoms with Gasteiger partial charge in [0.15, 0.2) is 11.5 Å². The molecule has 3 heterocycles. The van der Waals surface area contributed by atoms with E-state index >= 15 is 0 Å². The number of nitrogens with two attached hydrogens (primary N) is 1. The number of carbonyl (C=O) groups is 2. The van der Waals surface area contributed by atoms with Gasteiger partial charge < -0.3 is 20.1 Å². The van der Waals surface area contributed by atoms with Crippen LogP contribution in [-0.2, 0) is 16.1 Å². The number of thiophene rings is 1. The molecule has 0 saturated heterocycles. The molecule has 8 nitrogen and oxygen atoms in total. The highest BCUT2D eigenvalue weighted by Crippen LogP contribution is 2.35. The van der Waals surface area contributed by atoms with Crippen molar-refractivity contribution in [3.8, 4) is 11.5 Å². The summed E-state index contributed by atoms with van der Waals surface area (Å²) in [6.07, 6.45) is 0.133. The van der Waals surface area contributed by atoms with E-state index in [1.807, 2.05) is 53.9 Å². The van der Waals surface area contributed by atoms with Gasteiger partial charge in [0.2, 0.25) is 5.91 Å². The number of nitrogens with zero attached hydrogens (tertiary/aromatic N) is 3. The Morgan fingerprint density at radius 3 is 2.58 bits per heavy atom. The average Bonchev–Trinajstić information content (AvgIpc) is 3.53. The van der Waals surface area contributed by atoms with Gasteiger partial charge in [0.25, 0.3) is 5.91 Å². The number of para-hydroxylation sites is 1. The zero-order valence-electron chi connectivity index (χ0n) is 17.7. The molecule has 0 spiro atoms. The summed E-state index contributed by atoms with van der Waals surface area (Å²) in [4.78, 5) is 28.6. The van der Waals surface area contributed by atoms with Crippen LogP contribution in [0.25, 0.3) is 0 Å². The summed E-state index contributed by atoms with van der Waals surface area (Å²) >= 11 is 1.56. The van der Waals surface area contributed by atoms with Gasteiger partial charge in [-0.3, -0.25) is 14.6 Å². The Morgan fingerprint density at radius 1 is 1.06 bits per heavy atom. The molecule has 3 aromatic rings. The Kier molecular flexibility index (Phi) is 5.70. The molecule has 1 unspecified atom stereocenters. The number of hydrogen-bond acceptors (Lipinski definition) is 7. The predicted octanol–water partition coefficient (Wildman–Crippen LogP) is 3.17. The molecule has 2 aromatic carbocycles. The van der Waals surface area contributed by atoms with Crippen molar-refractivity contribution in [2.75, 3.05) is 23.1 Å². The van der Waals surface area contributed by atoms with Gasteiger partial charge >= 0.3 is 0 Å². The lowest BCUT2D eigenvalue weighted by molar-refractivity contribution is -0.119. The first-order chi connectivity index (χ1) is 16.1. The van der Waals surface area contributed by atoms with Crippen molar-refractivity contribution in [1.82, 2.24) is 0 Å². The number of fused-ring (bicyclic) bond motifs is 1. The summed E-state index contributed by atoms with van der Waals surface area (Å²) in [6.45, 7) is 1.31. The molecule has 1 atom stereocenters. The van der Waals surface area contributed by atoms with Crippen LogP contribution in [0.2, 0.25) is 0 Å². The number of hydrazone groups is 1. The fourth-order valence-electron chi connectivity index (χ4n) is 3.87. The third-order valence-corrected chi connectivity index (χ3v) is 6.34. The number of carbonyl (C=O) groups excluding carboxylic acids is 2. The summed E-state index contributed by atoms with van der Waals surface area (Å²) in [6, 6.07) is 17.9. The van der Waals surface area contributed by atoms with Crippen molar-refractivity contribution in [3.63, 3.8) is 0 Å². The van der Waals surface area contributed by atoms with E-state index in [4.69, 9.17) is 15.2 Å². The van der Waals surface area contributed by atoms with E-state index in [1.165, 1.54) is 5.01 Å². The molecule has 1 aromatic heterocycles. The molecule has 2 amide bonds. The summed E-state index contributed by atoms with van der Waals surface area (Å²) in [5, 5.41) is 8.03. The second-order valence-corrected chi connectivity index (χ2v) is 8.68. The molecule has 0 fully saturated rings. The maximum Gasteiger partial charge on any atom is 0.274 e. The van der Waals surface area contributed by atoms with Crippen LogP contribution >= 0.6 is 11.3 Å². The van der Waals surface area contributed by atoms with E-state index in [2.05, 4.69) is 5.10 Å². The first-order valence-electron chi connectivity index (χ1n) is 10.5. The minimum absolute atomic E-state index is 0.133. The third-order valence-electron chi connectivity index (χ3n) is 5.48. The summed E-state index contributed by atoms with van der Waals surface area (Å²) in [5.41, 5.74) is 7.29. The largest absolute Gasteiger partial charge is 0.486 e. The molecule has 2 N–H and O–H groups in total. The molecule has 0 bridgehead atoms. The van der Waals surface area contributed by atoms with E-state index in [9.17, 15) is 9.59 Å². The maximum atomic E-state index is 13.7. The Bertz CT molecular complexity index is 1200. The lowest BCUT2D eigenvalue weighted by Crippen LogP contribution is -2.40. The monoisotopic (exact) mass is 462 g/mol. The molecule has 0 radical (unpaired) electrons. The van der Waals surface area contributed by atoms with Gasteiger partial charge in [-0.1, -0.05) is 24.3 Å². The molecule has 0 aliphatic carbocycles. The van der Waals surface area contributed by atoms with Crippen LogP contribution in [0.4, 0.5) is 11.4 Å². The lowest BCUT2D eigenvalue weighted by Gasteiger charge is -2.25. The van der Waals surface area contributed by atoms with Gasteiger partial charge in [0, 0.05) is 23.1 Å². The zero-order chi connectivity index (χ0) is 22.8. The van der Waals surface area contributed by atoms with Crippen LogP contribution in [0.3, 0.4) is 0 Å². The van der Waals surface area contributed by atoms with Crippen molar-refractivity contribution < 1.29 is 19.1 Å². The van der Waals surface area contributed by atoms with Crippen LogP contribution < -0.4 is 25.1 Å². The lowest BCUT2D eigenvalue weighted by atomic mass is 10.1. The van der Waals surface area contributed by atoms with Gasteiger partial charge in [0.1, 0.15) is 25.0 Å². The number of primary amides is 1. The Morgan fingerprint density at radius 2 is 1.85 bits per heavy atom. The number of amides is 2. The molecule has 2 aliphatic rings. The summed E-state index contributed by atoms with van der Waals surface area (Å²) in [5.74, 6) is 0.423. The molecular formula is C24H22N4O4S. The molecule has 168 valence electrons. The Hall–Kier alpha value is -3.85. The van der Waals surface area contributed by atoms with Crippen molar-refractivity contribution >= 4 is 40.2 Å². The van der Waals surface area contributed by atoms with Crippen molar-refractivity contribution in [3.05, 3.63) is 70.9 Å². The number of rotatable bonds is 6. The fourth-order valence-corrected chi connectivity index (χ4v) is 4.57. The number of ether oxygens (including phenoxy) is 2. The minimum Gasteiger partial charge on any atom is -0.486 e. The number of benzene rings is 2. The first kappa shape index (κ1) is 21.0. The molecule has 2 aliphatic heterocycles. The topological polar surface area (TPSA) is 97.5 Å². The zero-order valence-corrected chi connectivity index (χ0v) is 18.5. The van der Waals surface area contributed by atoms with E-state index in [0.717, 1.165) is 4.88 Å². The molecule has 0 saturated carbocycles. The molecule has 9 heteroatoms. The second-order valence-electron chi connectivity index (χ2n) is 7.65. The number of anilines is 2.